The van der Waals surface area contributed by atoms with E-state index in [1.165, 1.54) is 36.2 Å². The standard InChI is InChI=1S/C26H34FN3O6S2/c1-7-17-15-20-21(24(31)28-5)22(18-9-11-19(27)12-10-18)36-25(20)29-23(17)30(16-37(6,32)33)13-8-14-38(34,35)26(2,3)4/h9-12,15H,7-8,13-14,16H2,1-6H3,(H,28,31). The third-order valence-corrected chi connectivity index (χ3v) is 9.62. The first-order valence-electron chi connectivity index (χ1n) is 12.2. The van der Waals surface area contributed by atoms with Gasteiger partial charge in [-0.25, -0.2) is 21.2 Å². The molecule has 3 rings (SSSR count). The van der Waals surface area contributed by atoms with Crippen molar-refractivity contribution in [3.8, 4) is 11.3 Å². The summed E-state index contributed by atoms with van der Waals surface area (Å²) in [6.45, 7) is 6.88. The highest BCUT2D eigenvalue weighted by molar-refractivity contribution is 7.92. The third kappa shape index (κ3) is 6.52. The molecule has 2 heterocycles. The summed E-state index contributed by atoms with van der Waals surface area (Å²) in [4.78, 5) is 19.0. The fourth-order valence-electron chi connectivity index (χ4n) is 4.01. The SMILES string of the molecule is CCc1cc2c(C(=O)NC)c(-c3ccc(F)cc3)oc2nc1N(CCCS(=O)(=O)C(C)(C)C)CS(C)(=O)=O. The summed E-state index contributed by atoms with van der Waals surface area (Å²) in [5, 5.41) is 3.02. The first kappa shape index (κ1) is 29.6. The van der Waals surface area contributed by atoms with Crippen molar-refractivity contribution in [2.75, 3.05) is 36.4 Å². The van der Waals surface area contributed by atoms with Crippen LogP contribution in [0, 0.1) is 5.82 Å². The van der Waals surface area contributed by atoms with Gasteiger partial charge in [-0.2, -0.15) is 4.98 Å². The fraction of sp³-hybridized carbons (Fsp3) is 0.462. The van der Waals surface area contributed by atoms with E-state index < -0.39 is 36.1 Å². The Morgan fingerprint density at radius 2 is 1.76 bits per heavy atom. The van der Waals surface area contributed by atoms with E-state index in [9.17, 15) is 26.0 Å². The van der Waals surface area contributed by atoms with Gasteiger partial charge in [-0.1, -0.05) is 6.92 Å². The van der Waals surface area contributed by atoms with Gasteiger partial charge in [0.2, 0.25) is 5.71 Å². The van der Waals surface area contributed by atoms with Crippen molar-refractivity contribution in [1.29, 1.82) is 0 Å². The second kappa shape index (κ2) is 11.0. The van der Waals surface area contributed by atoms with Gasteiger partial charge in [0.25, 0.3) is 5.91 Å². The zero-order chi connectivity index (χ0) is 28.5. The van der Waals surface area contributed by atoms with E-state index >= 15 is 0 Å². The van der Waals surface area contributed by atoms with Crippen LogP contribution >= 0.6 is 0 Å². The Bertz CT molecular complexity index is 1540. The minimum Gasteiger partial charge on any atom is -0.437 e. The lowest BCUT2D eigenvalue weighted by molar-refractivity contribution is 0.0964. The molecule has 0 aliphatic rings. The third-order valence-electron chi connectivity index (χ3n) is 6.14. The van der Waals surface area contributed by atoms with Gasteiger partial charge in [-0.05, 0) is 69.5 Å². The summed E-state index contributed by atoms with van der Waals surface area (Å²) in [6.07, 6.45) is 1.75. The van der Waals surface area contributed by atoms with Crippen molar-refractivity contribution in [2.45, 2.75) is 45.3 Å². The number of aromatic nitrogens is 1. The largest absolute Gasteiger partial charge is 0.437 e. The summed E-state index contributed by atoms with van der Waals surface area (Å²) in [5.41, 5.74) is 1.48. The molecular formula is C26H34FN3O6S2. The Hall–Kier alpha value is -2.99. The van der Waals surface area contributed by atoms with E-state index in [0.29, 0.717) is 28.8 Å². The highest BCUT2D eigenvalue weighted by atomic mass is 32.2. The van der Waals surface area contributed by atoms with Crippen molar-refractivity contribution in [3.05, 3.63) is 47.3 Å². The van der Waals surface area contributed by atoms with Gasteiger partial charge >= 0.3 is 0 Å². The highest BCUT2D eigenvalue weighted by Gasteiger charge is 2.30. The maximum atomic E-state index is 13.5. The molecule has 9 nitrogen and oxygen atoms in total. The molecule has 0 saturated heterocycles. The monoisotopic (exact) mass is 567 g/mol. The maximum absolute atomic E-state index is 13.5. The number of halogens is 1. The first-order chi connectivity index (χ1) is 17.6. The van der Waals surface area contributed by atoms with Crippen LogP contribution in [0.25, 0.3) is 22.4 Å². The number of fused-ring (bicyclic) bond motifs is 1. The lowest BCUT2D eigenvalue weighted by Gasteiger charge is -2.26. The number of pyridine rings is 1. The van der Waals surface area contributed by atoms with Gasteiger partial charge < -0.3 is 14.6 Å². The number of amides is 1. The Labute approximate surface area is 223 Å². The molecule has 0 aliphatic carbocycles. The van der Waals surface area contributed by atoms with E-state index in [1.54, 1.807) is 26.8 Å². The molecule has 0 spiro atoms. The van der Waals surface area contributed by atoms with Gasteiger partial charge in [0.1, 0.15) is 23.3 Å². The zero-order valence-electron chi connectivity index (χ0n) is 22.5. The highest BCUT2D eigenvalue weighted by Crippen LogP contribution is 2.36. The summed E-state index contributed by atoms with van der Waals surface area (Å²) in [7, 11) is -5.43. The average Bonchev–Trinajstić information content (AvgIpc) is 3.19. The lowest BCUT2D eigenvalue weighted by Crippen LogP contribution is -2.35. The van der Waals surface area contributed by atoms with Crippen molar-refractivity contribution in [2.24, 2.45) is 0 Å². The molecule has 2 aromatic heterocycles. The minimum absolute atomic E-state index is 0.107. The molecule has 1 aromatic carbocycles. The van der Waals surface area contributed by atoms with Crippen LogP contribution in [-0.2, 0) is 26.1 Å². The second-order valence-corrected chi connectivity index (χ2v) is 15.1. The lowest BCUT2D eigenvalue weighted by atomic mass is 10.0. The average molecular weight is 568 g/mol. The van der Waals surface area contributed by atoms with Crippen LogP contribution in [0.2, 0.25) is 0 Å². The van der Waals surface area contributed by atoms with Crippen LogP contribution in [0.3, 0.4) is 0 Å². The quantitative estimate of drug-likeness (QED) is 0.390. The van der Waals surface area contributed by atoms with Crippen LogP contribution in [-0.4, -0.2) is 64.0 Å². The molecule has 1 amide bonds. The molecule has 0 fully saturated rings. The number of carbonyl (C=O) groups is 1. The number of benzene rings is 1. The molecule has 0 atom stereocenters. The topological polar surface area (TPSA) is 127 Å². The Kier molecular flexibility index (Phi) is 8.57. The van der Waals surface area contributed by atoms with Gasteiger partial charge in [0.15, 0.2) is 19.7 Å². The molecule has 0 saturated carbocycles. The normalized spacial score (nSPS) is 12.6. The number of nitrogens with one attached hydrogen (secondary N) is 1. The van der Waals surface area contributed by atoms with Crippen LogP contribution in [0.4, 0.5) is 10.2 Å². The van der Waals surface area contributed by atoms with E-state index in [2.05, 4.69) is 10.3 Å². The molecule has 0 aliphatic heterocycles. The maximum Gasteiger partial charge on any atom is 0.255 e. The second-order valence-electron chi connectivity index (χ2n) is 10.2. The Morgan fingerprint density at radius 3 is 2.29 bits per heavy atom. The fourth-order valence-corrected chi connectivity index (χ4v) is 5.95. The van der Waals surface area contributed by atoms with E-state index in [0.717, 1.165) is 6.26 Å². The zero-order valence-corrected chi connectivity index (χ0v) is 24.1. The van der Waals surface area contributed by atoms with E-state index in [1.807, 2.05) is 6.92 Å². The first-order valence-corrected chi connectivity index (χ1v) is 15.9. The molecule has 3 aromatic rings. The number of hydrogen-bond acceptors (Lipinski definition) is 8. The van der Waals surface area contributed by atoms with Crippen LogP contribution < -0.4 is 10.2 Å². The Balaban J connectivity index is 2.14. The molecule has 12 heteroatoms. The smallest absolute Gasteiger partial charge is 0.255 e. The number of sulfone groups is 2. The number of hydrogen-bond donors (Lipinski definition) is 1. The molecule has 208 valence electrons. The van der Waals surface area contributed by atoms with Gasteiger partial charge in [-0.3, -0.25) is 4.79 Å². The molecule has 1 N–H and O–H groups in total. The van der Waals surface area contributed by atoms with Crippen molar-refractivity contribution >= 4 is 42.5 Å². The molecular weight excluding hydrogens is 533 g/mol. The van der Waals surface area contributed by atoms with Gasteiger partial charge in [0, 0.05) is 25.4 Å². The van der Waals surface area contributed by atoms with Crippen molar-refractivity contribution < 1.29 is 30.4 Å². The predicted octanol–water partition coefficient (Wildman–Crippen LogP) is 3.97. The number of nitrogens with zero attached hydrogens (tertiary/aromatic N) is 2. The van der Waals surface area contributed by atoms with Gasteiger partial charge in [0.05, 0.1) is 21.4 Å². The number of anilines is 1. The molecule has 0 bridgehead atoms. The summed E-state index contributed by atoms with van der Waals surface area (Å²) < 4.78 is 68.4. The van der Waals surface area contributed by atoms with Crippen LogP contribution in [0.1, 0.15) is 50.0 Å². The minimum atomic E-state index is -3.51. The Morgan fingerprint density at radius 1 is 1.13 bits per heavy atom. The molecule has 0 radical (unpaired) electrons. The number of rotatable bonds is 10. The summed E-state index contributed by atoms with van der Waals surface area (Å²) in [6, 6.07) is 7.23. The van der Waals surface area contributed by atoms with Crippen LogP contribution in [0.5, 0.6) is 0 Å². The van der Waals surface area contributed by atoms with Crippen molar-refractivity contribution in [3.63, 3.8) is 0 Å². The number of furan rings is 1. The summed E-state index contributed by atoms with van der Waals surface area (Å²) in [5.74, 6) is -0.804. The van der Waals surface area contributed by atoms with Crippen LogP contribution in [0.15, 0.2) is 34.7 Å². The van der Waals surface area contributed by atoms with Gasteiger partial charge in [-0.15, -0.1) is 0 Å². The van der Waals surface area contributed by atoms with E-state index in [4.69, 9.17) is 4.42 Å². The predicted molar refractivity (Wildman–Crippen MR) is 147 cm³/mol. The molecule has 38 heavy (non-hydrogen) atoms. The summed E-state index contributed by atoms with van der Waals surface area (Å²) >= 11 is 0. The number of aryl methyl sites for hydroxylation is 1. The number of carbonyl (C=O) groups excluding carboxylic acids is 1. The molecule has 0 unspecified atom stereocenters. The van der Waals surface area contributed by atoms with Crippen molar-refractivity contribution in [1.82, 2.24) is 10.3 Å². The van der Waals surface area contributed by atoms with E-state index in [-0.39, 0.29) is 41.6 Å².